The number of aromatic amines is 1. The lowest BCUT2D eigenvalue weighted by Crippen LogP contribution is -2.11. The highest BCUT2D eigenvalue weighted by Gasteiger charge is 2.11. The number of hydrogen-bond acceptors (Lipinski definition) is 6. The first-order chi connectivity index (χ1) is 17.0. The Hall–Kier alpha value is -3.59. The van der Waals surface area contributed by atoms with Crippen molar-refractivity contribution in [2.24, 2.45) is 10.2 Å². The van der Waals surface area contributed by atoms with Crippen molar-refractivity contribution in [3.05, 3.63) is 111 Å². The fourth-order valence-corrected chi connectivity index (χ4v) is 4.05. The summed E-state index contributed by atoms with van der Waals surface area (Å²) in [6.45, 7) is 0. The molecule has 4 N–H and O–H groups in total. The highest BCUT2D eigenvalue weighted by atomic mass is 35.5. The molecule has 0 saturated carbocycles. The molecule has 1 aromatic heterocycles. The van der Waals surface area contributed by atoms with E-state index in [0.717, 1.165) is 5.56 Å². The number of anilines is 4. The number of nitrogens with zero attached hydrogens (tertiary/aromatic N) is 2. The lowest BCUT2D eigenvalue weighted by Gasteiger charge is -2.14. The van der Waals surface area contributed by atoms with Crippen LogP contribution in [0.3, 0.4) is 0 Å². The topological polar surface area (TPSA) is 105 Å². The molecule has 4 aromatic rings. The smallest absolute Gasteiger partial charge is 0.277 e. The van der Waals surface area contributed by atoms with Gasteiger partial charge < -0.3 is 15.6 Å². The van der Waals surface area contributed by atoms with Crippen LogP contribution in [-0.2, 0) is 5.75 Å². The number of azo groups is 1. The van der Waals surface area contributed by atoms with E-state index in [1.165, 1.54) is 11.8 Å². The van der Waals surface area contributed by atoms with Gasteiger partial charge in [0.25, 0.3) is 5.56 Å². The molecule has 0 aliphatic heterocycles. The minimum atomic E-state index is -0.462. The van der Waals surface area contributed by atoms with E-state index in [9.17, 15) is 4.79 Å². The third kappa shape index (κ3) is 7.19. The van der Waals surface area contributed by atoms with Crippen molar-refractivity contribution in [1.82, 2.24) is 4.98 Å². The van der Waals surface area contributed by atoms with Crippen LogP contribution < -0.4 is 16.2 Å². The number of H-pyrrole nitrogens is 1. The third-order valence-corrected chi connectivity index (χ3v) is 5.99. The third-order valence-electron chi connectivity index (χ3n) is 4.69. The molecule has 176 valence electrons. The van der Waals surface area contributed by atoms with Crippen LogP contribution in [0.15, 0.2) is 100.0 Å². The Labute approximate surface area is 216 Å². The maximum atomic E-state index is 12.7. The quantitative estimate of drug-likeness (QED) is 0.112. The van der Waals surface area contributed by atoms with E-state index in [1.54, 1.807) is 36.4 Å². The van der Waals surface area contributed by atoms with Crippen molar-refractivity contribution in [2.75, 3.05) is 10.6 Å². The monoisotopic (exact) mass is 522 g/mol. The van der Waals surface area contributed by atoms with E-state index < -0.39 is 5.56 Å². The van der Waals surface area contributed by atoms with E-state index in [4.69, 9.17) is 28.6 Å². The van der Waals surface area contributed by atoms with E-state index in [2.05, 4.69) is 25.8 Å². The lowest BCUT2D eigenvalue weighted by molar-refractivity contribution is 1.17. The summed E-state index contributed by atoms with van der Waals surface area (Å²) in [5.41, 5.74) is 2.60. The van der Waals surface area contributed by atoms with Crippen LogP contribution >= 0.6 is 35.0 Å². The highest BCUT2D eigenvalue weighted by molar-refractivity contribution is 8.13. The molecule has 1 heterocycles. The average Bonchev–Trinajstić information content (AvgIpc) is 2.84. The van der Waals surface area contributed by atoms with Crippen LogP contribution in [0.2, 0.25) is 10.0 Å². The molecule has 0 spiro atoms. The van der Waals surface area contributed by atoms with Gasteiger partial charge in [0.1, 0.15) is 5.82 Å². The van der Waals surface area contributed by atoms with Gasteiger partial charge in [-0.05, 0) is 48.0 Å². The summed E-state index contributed by atoms with van der Waals surface area (Å²) in [6.07, 6.45) is 0. The van der Waals surface area contributed by atoms with Gasteiger partial charge in [0.2, 0.25) is 5.17 Å². The largest absolute Gasteiger partial charge is 0.352 e. The van der Waals surface area contributed by atoms with Crippen molar-refractivity contribution < 1.29 is 0 Å². The lowest BCUT2D eigenvalue weighted by atomic mass is 10.2. The summed E-state index contributed by atoms with van der Waals surface area (Å²) in [5, 5.41) is 23.5. The number of benzene rings is 3. The Morgan fingerprint density at radius 3 is 2.20 bits per heavy atom. The number of pyridine rings is 1. The summed E-state index contributed by atoms with van der Waals surface area (Å²) in [6, 6.07) is 25.6. The molecule has 0 saturated heterocycles. The van der Waals surface area contributed by atoms with Gasteiger partial charge >= 0.3 is 0 Å². The summed E-state index contributed by atoms with van der Waals surface area (Å²) in [4.78, 5) is 15.5. The molecule has 7 nitrogen and oxygen atoms in total. The predicted molar refractivity (Wildman–Crippen MR) is 147 cm³/mol. The first-order valence-corrected chi connectivity index (χ1v) is 12.2. The standard InChI is InChI=1S/C25H20Cl2N6OS/c26-17-8-4-10-19(12-17)29-21-14-22(32-33-25(28)35-15-16-6-2-1-3-7-16)24(34)31-23(21)30-20-11-5-9-18(27)13-20/h1-14,28-29H,15H2,(H2,30,31,34). The Balaban J connectivity index is 1.59. The second kappa shape index (κ2) is 11.7. The van der Waals surface area contributed by atoms with Crippen molar-refractivity contribution >= 4 is 68.7 Å². The summed E-state index contributed by atoms with van der Waals surface area (Å²) in [5.74, 6) is 0.990. The van der Waals surface area contributed by atoms with E-state index in [0.29, 0.717) is 38.7 Å². The number of halogens is 2. The van der Waals surface area contributed by atoms with Crippen LogP contribution in [0.25, 0.3) is 0 Å². The minimum absolute atomic E-state index is 0.00117. The Bertz CT molecular complexity index is 1430. The summed E-state index contributed by atoms with van der Waals surface area (Å²) in [7, 11) is 0. The SMILES string of the molecule is N=C(N=Nc1cc(Nc2cccc(Cl)c2)c(Nc2cccc(Cl)c2)[nH]c1=O)SCc1ccccc1. The van der Waals surface area contributed by atoms with Crippen LogP contribution in [0.5, 0.6) is 0 Å². The average molecular weight is 523 g/mol. The van der Waals surface area contributed by atoms with Gasteiger partial charge in [-0.2, -0.15) is 0 Å². The second-order valence-electron chi connectivity index (χ2n) is 7.32. The molecular weight excluding hydrogens is 503 g/mol. The van der Waals surface area contributed by atoms with Gasteiger partial charge in [-0.15, -0.1) is 10.2 Å². The molecule has 0 aliphatic carbocycles. The van der Waals surface area contributed by atoms with E-state index in [1.807, 2.05) is 48.5 Å². The number of thioether (sulfide) groups is 1. The number of hydrogen-bond donors (Lipinski definition) is 4. The highest BCUT2D eigenvalue weighted by Crippen LogP contribution is 2.30. The molecule has 0 bridgehead atoms. The molecule has 0 atom stereocenters. The summed E-state index contributed by atoms with van der Waals surface area (Å²) < 4.78 is 0. The van der Waals surface area contributed by atoms with Gasteiger partial charge in [-0.25, -0.2) is 0 Å². The fourth-order valence-electron chi connectivity index (χ4n) is 3.08. The number of amidine groups is 1. The maximum Gasteiger partial charge on any atom is 0.277 e. The first kappa shape index (κ1) is 24.5. The molecule has 0 aliphatic rings. The normalized spacial score (nSPS) is 10.9. The van der Waals surface area contributed by atoms with Crippen LogP contribution in [-0.4, -0.2) is 10.2 Å². The van der Waals surface area contributed by atoms with Gasteiger partial charge in [-0.3, -0.25) is 10.2 Å². The van der Waals surface area contributed by atoms with Gasteiger partial charge in [0.05, 0.1) is 5.69 Å². The predicted octanol–water partition coefficient (Wildman–Crippen LogP) is 8.12. The van der Waals surface area contributed by atoms with Gasteiger partial charge in [0, 0.05) is 27.2 Å². The molecule has 0 amide bonds. The molecule has 3 aromatic carbocycles. The Morgan fingerprint density at radius 2 is 1.54 bits per heavy atom. The zero-order chi connectivity index (χ0) is 24.6. The second-order valence-corrected chi connectivity index (χ2v) is 9.16. The van der Waals surface area contributed by atoms with E-state index in [-0.39, 0.29) is 10.9 Å². The maximum absolute atomic E-state index is 12.7. The fraction of sp³-hybridized carbons (Fsp3) is 0.0400. The molecule has 4 rings (SSSR count). The molecular formula is C25H20Cl2N6OS. The van der Waals surface area contributed by atoms with Crippen molar-refractivity contribution in [3.8, 4) is 0 Å². The zero-order valence-corrected chi connectivity index (χ0v) is 20.6. The number of nitrogens with one attached hydrogen (secondary N) is 4. The van der Waals surface area contributed by atoms with E-state index >= 15 is 0 Å². The van der Waals surface area contributed by atoms with Crippen molar-refractivity contribution in [1.29, 1.82) is 5.41 Å². The zero-order valence-electron chi connectivity index (χ0n) is 18.3. The van der Waals surface area contributed by atoms with Gasteiger partial charge in [0.15, 0.2) is 5.69 Å². The summed E-state index contributed by atoms with van der Waals surface area (Å²) >= 11 is 13.4. The van der Waals surface area contributed by atoms with Crippen molar-refractivity contribution in [3.63, 3.8) is 0 Å². The first-order valence-electron chi connectivity index (χ1n) is 10.5. The molecule has 10 heteroatoms. The Kier molecular flexibility index (Phi) is 8.20. The molecule has 0 unspecified atom stereocenters. The Morgan fingerprint density at radius 1 is 0.886 bits per heavy atom. The number of aromatic nitrogens is 1. The molecule has 0 radical (unpaired) electrons. The van der Waals surface area contributed by atoms with Gasteiger partial charge in [-0.1, -0.05) is 77.4 Å². The van der Waals surface area contributed by atoms with Crippen LogP contribution in [0.4, 0.5) is 28.6 Å². The van der Waals surface area contributed by atoms with Crippen molar-refractivity contribution in [2.45, 2.75) is 5.75 Å². The number of rotatable bonds is 7. The molecule has 0 fully saturated rings. The minimum Gasteiger partial charge on any atom is -0.352 e. The van der Waals surface area contributed by atoms with Crippen LogP contribution in [0, 0.1) is 5.41 Å². The molecule has 35 heavy (non-hydrogen) atoms. The van der Waals surface area contributed by atoms with Crippen LogP contribution in [0.1, 0.15) is 5.56 Å².